The minimum Gasteiger partial charge on any atom is -0.477 e. The number of carboxylic acids is 1. The largest absolute Gasteiger partial charge is 0.477 e. The average molecular weight is 289 g/mol. The maximum Gasteiger partial charge on any atom is 0.354 e. The molecule has 0 amide bonds. The van der Waals surface area contributed by atoms with Gasteiger partial charge in [-0.3, -0.25) is 0 Å². The molecule has 1 aromatic heterocycles. The molecule has 0 bridgehead atoms. The molecule has 0 saturated carbocycles. The third-order valence-corrected chi connectivity index (χ3v) is 2.99. The van der Waals surface area contributed by atoms with Crippen LogP contribution in [0.15, 0.2) is 24.4 Å². The molecule has 6 nitrogen and oxygen atoms in total. The van der Waals surface area contributed by atoms with Gasteiger partial charge >= 0.3 is 14.6 Å². The molecule has 0 radical (unpaired) electrons. The molecule has 0 aliphatic heterocycles. The van der Waals surface area contributed by atoms with Gasteiger partial charge in [0, 0.05) is 6.20 Å². The molecule has 0 unspecified atom stereocenters. The van der Waals surface area contributed by atoms with Gasteiger partial charge in [0.2, 0.25) is 0 Å². The van der Waals surface area contributed by atoms with E-state index in [4.69, 9.17) is 18.7 Å². The van der Waals surface area contributed by atoms with Crippen LogP contribution in [0.3, 0.4) is 0 Å². The first-order valence-electron chi connectivity index (χ1n) is 5.98. The number of carboxylic acid groups (broad SMARTS) is 1. The van der Waals surface area contributed by atoms with Gasteiger partial charge in [-0.25, -0.2) is 9.78 Å². The van der Waals surface area contributed by atoms with Crippen molar-refractivity contribution in [2.24, 2.45) is 0 Å². The number of rotatable bonds is 7. The fourth-order valence-electron chi connectivity index (χ4n) is 0.917. The molecule has 0 saturated heterocycles. The Hall–Kier alpha value is -1.07. The highest BCUT2D eigenvalue weighted by Gasteiger charge is 2.07. The van der Waals surface area contributed by atoms with Crippen LogP contribution >= 0.6 is 8.60 Å². The number of hydrogen-bond acceptors (Lipinski definition) is 5. The van der Waals surface area contributed by atoms with Crippen molar-refractivity contribution < 1.29 is 23.5 Å². The number of pyridine rings is 1. The number of hydrogen-bond donors (Lipinski definition) is 1. The van der Waals surface area contributed by atoms with Crippen LogP contribution in [0.25, 0.3) is 0 Å². The van der Waals surface area contributed by atoms with E-state index in [-0.39, 0.29) is 5.69 Å². The Bertz CT molecular complexity index is 322. The summed E-state index contributed by atoms with van der Waals surface area (Å²) < 4.78 is 15.4. The second kappa shape index (κ2) is 12.0. The standard InChI is InChI=1S/C6H5NO2.C6H15O3P/c8-6(9)5-3-1-2-4-7-5;1-4-7-10(8-5-2)9-6-3/h1-4H,(H,8,9);4-6H2,1-3H3. The lowest BCUT2D eigenvalue weighted by atomic mass is 10.4. The van der Waals surface area contributed by atoms with Gasteiger partial charge in [-0.1, -0.05) is 6.07 Å². The first-order valence-corrected chi connectivity index (χ1v) is 7.08. The van der Waals surface area contributed by atoms with E-state index in [9.17, 15) is 4.79 Å². The van der Waals surface area contributed by atoms with E-state index < -0.39 is 14.6 Å². The molecule has 1 aromatic rings. The zero-order chi connectivity index (χ0) is 14.5. The number of carbonyl (C=O) groups is 1. The number of nitrogens with zero attached hydrogens (tertiary/aromatic N) is 1. The van der Waals surface area contributed by atoms with Crippen LogP contribution in [0.4, 0.5) is 0 Å². The van der Waals surface area contributed by atoms with Crippen molar-refractivity contribution in [2.75, 3.05) is 19.8 Å². The zero-order valence-electron chi connectivity index (χ0n) is 11.4. The Morgan fingerprint density at radius 3 is 1.95 bits per heavy atom. The lowest BCUT2D eigenvalue weighted by Gasteiger charge is -2.12. The van der Waals surface area contributed by atoms with Gasteiger partial charge in [-0.05, 0) is 32.9 Å². The van der Waals surface area contributed by atoms with Crippen LogP contribution in [0, 0.1) is 0 Å². The Kier molecular flexibility index (Phi) is 11.3. The molecular formula is C12H20NO5P. The molecule has 19 heavy (non-hydrogen) atoms. The van der Waals surface area contributed by atoms with Crippen LogP contribution in [-0.4, -0.2) is 35.9 Å². The Labute approximate surface area is 114 Å². The van der Waals surface area contributed by atoms with Gasteiger partial charge in [0.05, 0.1) is 19.8 Å². The second-order valence-corrected chi connectivity index (χ2v) is 4.22. The van der Waals surface area contributed by atoms with E-state index in [1.165, 1.54) is 12.3 Å². The van der Waals surface area contributed by atoms with Gasteiger partial charge in [0.25, 0.3) is 0 Å². The normalized spacial score (nSPS) is 9.89. The predicted octanol–water partition coefficient (Wildman–Crippen LogP) is 3.10. The highest BCUT2D eigenvalue weighted by molar-refractivity contribution is 7.41. The monoisotopic (exact) mass is 289 g/mol. The van der Waals surface area contributed by atoms with Crippen LogP contribution in [0.2, 0.25) is 0 Å². The van der Waals surface area contributed by atoms with Crippen molar-refractivity contribution in [1.82, 2.24) is 4.98 Å². The second-order valence-electron chi connectivity index (χ2n) is 3.00. The third-order valence-electron chi connectivity index (χ3n) is 1.59. The van der Waals surface area contributed by atoms with Gasteiger partial charge < -0.3 is 18.7 Å². The quantitative estimate of drug-likeness (QED) is 0.777. The topological polar surface area (TPSA) is 77.9 Å². The Morgan fingerprint density at radius 2 is 1.68 bits per heavy atom. The summed E-state index contributed by atoms with van der Waals surface area (Å²) in [6.45, 7) is 7.71. The minimum absolute atomic E-state index is 0.0810. The van der Waals surface area contributed by atoms with Gasteiger partial charge in [0.1, 0.15) is 5.69 Å². The molecule has 0 atom stereocenters. The zero-order valence-corrected chi connectivity index (χ0v) is 12.3. The van der Waals surface area contributed by atoms with Crippen LogP contribution in [-0.2, 0) is 13.6 Å². The molecule has 1 rings (SSSR count). The highest BCUT2D eigenvalue weighted by Crippen LogP contribution is 2.38. The van der Waals surface area contributed by atoms with Crippen molar-refractivity contribution >= 4 is 14.6 Å². The number of aromatic carboxylic acids is 1. The highest BCUT2D eigenvalue weighted by atomic mass is 31.2. The van der Waals surface area contributed by atoms with Gasteiger partial charge in [-0.15, -0.1) is 0 Å². The van der Waals surface area contributed by atoms with Crippen LogP contribution in [0.1, 0.15) is 31.3 Å². The summed E-state index contributed by atoms with van der Waals surface area (Å²) in [6.07, 6.45) is 1.45. The maximum absolute atomic E-state index is 10.1. The molecule has 7 heteroatoms. The molecule has 1 heterocycles. The van der Waals surface area contributed by atoms with E-state index in [0.717, 1.165) is 0 Å². The molecule has 108 valence electrons. The lowest BCUT2D eigenvalue weighted by molar-refractivity contribution is 0.0690. The molecule has 0 aromatic carbocycles. The average Bonchev–Trinajstić information content (AvgIpc) is 2.41. The van der Waals surface area contributed by atoms with Crippen molar-refractivity contribution in [3.63, 3.8) is 0 Å². The fourth-order valence-corrected chi connectivity index (χ4v) is 1.77. The molecule has 1 N–H and O–H groups in total. The molecule has 0 aliphatic rings. The molecule has 0 fully saturated rings. The first kappa shape index (κ1) is 17.9. The number of aromatic nitrogens is 1. The summed E-state index contributed by atoms with van der Waals surface area (Å²) in [4.78, 5) is 13.7. The minimum atomic E-state index is -1.06. The maximum atomic E-state index is 10.1. The van der Waals surface area contributed by atoms with Gasteiger partial charge in [0.15, 0.2) is 0 Å². The smallest absolute Gasteiger partial charge is 0.354 e. The first-order chi connectivity index (χ1) is 9.15. The van der Waals surface area contributed by atoms with E-state index in [1.54, 1.807) is 12.1 Å². The summed E-state index contributed by atoms with van der Waals surface area (Å²) in [5.74, 6) is -0.990. The van der Waals surface area contributed by atoms with Crippen molar-refractivity contribution in [3.05, 3.63) is 30.1 Å². The van der Waals surface area contributed by atoms with Crippen molar-refractivity contribution in [3.8, 4) is 0 Å². The predicted molar refractivity (Wildman–Crippen MR) is 73.0 cm³/mol. The summed E-state index contributed by atoms with van der Waals surface area (Å²) in [5.41, 5.74) is 0.0810. The van der Waals surface area contributed by atoms with E-state index >= 15 is 0 Å². The molecule has 0 aliphatic carbocycles. The van der Waals surface area contributed by atoms with E-state index in [0.29, 0.717) is 19.8 Å². The van der Waals surface area contributed by atoms with Crippen LogP contribution in [0.5, 0.6) is 0 Å². The van der Waals surface area contributed by atoms with Crippen molar-refractivity contribution in [2.45, 2.75) is 20.8 Å². The SMILES string of the molecule is CCOP(OCC)OCC.O=C(O)c1ccccn1. The summed E-state index contributed by atoms with van der Waals surface area (Å²) in [5, 5.41) is 8.32. The summed E-state index contributed by atoms with van der Waals surface area (Å²) in [6, 6.07) is 4.76. The fraction of sp³-hybridized carbons (Fsp3) is 0.500. The van der Waals surface area contributed by atoms with Crippen LogP contribution < -0.4 is 0 Å². The Balaban J connectivity index is 0.000000342. The molecular weight excluding hydrogens is 269 g/mol. The lowest BCUT2D eigenvalue weighted by Crippen LogP contribution is -1.97. The Morgan fingerprint density at radius 1 is 1.16 bits per heavy atom. The van der Waals surface area contributed by atoms with Gasteiger partial charge in [-0.2, -0.15) is 0 Å². The van der Waals surface area contributed by atoms with E-state index in [2.05, 4.69) is 4.98 Å². The summed E-state index contributed by atoms with van der Waals surface area (Å²) >= 11 is 0. The van der Waals surface area contributed by atoms with E-state index in [1.807, 2.05) is 20.8 Å². The third kappa shape index (κ3) is 9.50. The molecule has 0 spiro atoms. The summed E-state index contributed by atoms with van der Waals surface area (Å²) in [7, 11) is -1.06. The van der Waals surface area contributed by atoms with Crippen molar-refractivity contribution in [1.29, 1.82) is 0 Å².